The molecule has 0 bridgehead atoms. The largest absolute Gasteiger partial charge is 0.359 e. The van der Waals surface area contributed by atoms with Crippen molar-refractivity contribution in [3.63, 3.8) is 0 Å². The third-order valence-electron chi connectivity index (χ3n) is 3.86. The normalized spacial score (nSPS) is 10.4. The molecule has 0 saturated heterocycles. The molecule has 23 heavy (non-hydrogen) atoms. The minimum atomic E-state index is -0.135. The topological polar surface area (TPSA) is 81.2 Å². The summed E-state index contributed by atoms with van der Waals surface area (Å²) in [6.45, 7) is 5.08. The lowest BCUT2D eigenvalue weighted by atomic mass is 9.99. The highest BCUT2D eigenvalue weighted by Gasteiger charge is 2.13. The van der Waals surface area contributed by atoms with E-state index >= 15 is 0 Å². The maximum absolute atomic E-state index is 12.1. The van der Waals surface area contributed by atoms with Gasteiger partial charge in [-0.2, -0.15) is 0 Å². The van der Waals surface area contributed by atoms with Gasteiger partial charge in [-0.1, -0.05) is 31.1 Å². The van der Waals surface area contributed by atoms with Crippen LogP contribution in [0.25, 0.3) is 0 Å². The number of hydrogen-bond donors (Lipinski definition) is 2. The number of benzene rings is 1. The Balaban J connectivity index is 0.00000264. The van der Waals surface area contributed by atoms with Crippen LogP contribution in [0.15, 0.2) is 34.9 Å². The van der Waals surface area contributed by atoms with Gasteiger partial charge in [0, 0.05) is 24.1 Å². The van der Waals surface area contributed by atoms with Gasteiger partial charge in [0.15, 0.2) is 5.76 Å². The molecule has 0 aliphatic heterocycles. The molecule has 2 aromatic rings. The lowest BCUT2D eigenvalue weighted by Crippen LogP contribution is -2.22. The van der Waals surface area contributed by atoms with E-state index in [1.54, 1.807) is 12.1 Å². The van der Waals surface area contributed by atoms with Crippen LogP contribution in [0.5, 0.6) is 0 Å². The molecule has 0 aliphatic carbocycles. The molecule has 0 unspecified atom stereocenters. The van der Waals surface area contributed by atoms with Gasteiger partial charge in [0.05, 0.1) is 12.2 Å². The van der Waals surface area contributed by atoms with Crippen LogP contribution >= 0.6 is 12.4 Å². The van der Waals surface area contributed by atoms with Crippen molar-refractivity contribution in [2.75, 3.05) is 0 Å². The van der Waals surface area contributed by atoms with Gasteiger partial charge in [0.2, 0.25) is 0 Å². The monoisotopic (exact) mass is 337 g/mol. The molecular formula is C17H24ClN3O2. The number of halogens is 1. The van der Waals surface area contributed by atoms with E-state index in [1.807, 2.05) is 18.2 Å². The Morgan fingerprint density at radius 2 is 1.91 bits per heavy atom. The molecule has 0 saturated carbocycles. The lowest BCUT2D eigenvalue weighted by Gasteiger charge is -2.06. The van der Waals surface area contributed by atoms with E-state index in [-0.39, 0.29) is 18.3 Å². The van der Waals surface area contributed by atoms with Gasteiger partial charge in [-0.05, 0) is 30.5 Å². The zero-order chi connectivity index (χ0) is 15.9. The van der Waals surface area contributed by atoms with Crippen LogP contribution in [-0.2, 0) is 13.1 Å². The van der Waals surface area contributed by atoms with E-state index in [0.29, 0.717) is 30.3 Å². The first-order valence-electron chi connectivity index (χ1n) is 7.70. The van der Waals surface area contributed by atoms with Crippen molar-refractivity contribution in [2.24, 2.45) is 5.73 Å². The van der Waals surface area contributed by atoms with Crippen molar-refractivity contribution < 1.29 is 9.32 Å². The zero-order valence-corrected chi connectivity index (χ0v) is 14.4. The zero-order valence-electron chi connectivity index (χ0n) is 13.5. The molecule has 0 atom stereocenters. The molecule has 3 N–H and O–H groups in total. The Kier molecular flexibility index (Phi) is 7.78. The van der Waals surface area contributed by atoms with Crippen molar-refractivity contribution in [2.45, 2.75) is 45.7 Å². The minimum Gasteiger partial charge on any atom is -0.359 e. The predicted molar refractivity (Wildman–Crippen MR) is 92.6 cm³/mol. The fourth-order valence-electron chi connectivity index (χ4n) is 2.37. The summed E-state index contributed by atoms with van der Waals surface area (Å²) in [5, 5.41) is 6.93. The molecule has 126 valence electrons. The second kappa shape index (κ2) is 9.33. The molecule has 1 amide bonds. The smallest absolute Gasteiger partial charge is 0.251 e. The first-order valence-corrected chi connectivity index (χ1v) is 7.70. The predicted octanol–water partition coefficient (Wildman–Crippen LogP) is 3.39. The van der Waals surface area contributed by atoms with Crippen LogP contribution in [0, 0.1) is 0 Å². The number of hydrogen-bond acceptors (Lipinski definition) is 4. The summed E-state index contributed by atoms with van der Waals surface area (Å²) in [5.74, 6) is 0.954. The number of carbonyl (C=O) groups excluding carboxylic acids is 1. The summed E-state index contributed by atoms with van der Waals surface area (Å²) >= 11 is 0. The Bertz CT molecular complexity index is 607. The Morgan fingerprint density at radius 3 is 2.48 bits per heavy atom. The van der Waals surface area contributed by atoms with Crippen LogP contribution in [0.3, 0.4) is 0 Å². The number of nitrogens with two attached hydrogens (primary N) is 1. The van der Waals surface area contributed by atoms with Gasteiger partial charge in [0.1, 0.15) is 0 Å². The molecule has 0 spiro atoms. The fraction of sp³-hybridized carbons (Fsp3) is 0.412. The first-order chi connectivity index (χ1) is 10.7. The van der Waals surface area contributed by atoms with Crippen molar-refractivity contribution in [3.05, 3.63) is 52.9 Å². The quantitative estimate of drug-likeness (QED) is 0.811. The molecule has 1 aromatic heterocycles. The van der Waals surface area contributed by atoms with Crippen molar-refractivity contribution >= 4 is 18.3 Å². The number of carbonyl (C=O) groups is 1. The average molecular weight is 338 g/mol. The number of rotatable bonds is 7. The lowest BCUT2D eigenvalue weighted by molar-refractivity contribution is 0.0947. The van der Waals surface area contributed by atoms with E-state index in [4.69, 9.17) is 10.3 Å². The van der Waals surface area contributed by atoms with Crippen LogP contribution < -0.4 is 11.1 Å². The Hall–Kier alpha value is -1.85. The third kappa shape index (κ3) is 5.08. The van der Waals surface area contributed by atoms with Crippen LogP contribution in [0.4, 0.5) is 0 Å². The second-order valence-corrected chi connectivity index (χ2v) is 5.32. The minimum absolute atomic E-state index is 0. The second-order valence-electron chi connectivity index (χ2n) is 5.32. The van der Waals surface area contributed by atoms with Crippen molar-refractivity contribution in [1.29, 1.82) is 0 Å². The van der Waals surface area contributed by atoms with Gasteiger partial charge in [-0.15, -0.1) is 12.4 Å². The van der Waals surface area contributed by atoms with E-state index in [9.17, 15) is 4.79 Å². The standard InChI is InChI=1S/C17H23N3O2.ClH/c1-3-13(4-2)16-9-15(22-20-16)11-19-17(21)14-7-5-12(10-18)6-8-14;/h5-9,13H,3-4,10-11,18H2,1-2H3,(H,19,21);1H. The van der Waals surface area contributed by atoms with E-state index in [1.165, 1.54) is 0 Å². The van der Waals surface area contributed by atoms with E-state index in [0.717, 1.165) is 24.1 Å². The summed E-state index contributed by atoms with van der Waals surface area (Å²) in [4.78, 5) is 12.1. The first kappa shape index (κ1) is 19.2. The van der Waals surface area contributed by atoms with Gasteiger partial charge in [-0.25, -0.2) is 0 Å². The molecule has 5 nitrogen and oxygen atoms in total. The molecule has 1 heterocycles. The molecule has 0 fully saturated rings. The van der Waals surface area contributed by atoms with E-state index < -0.39 is 0 Å². The number of nitrogens with zero attached hydrogens (tertiary/aromatic N) is 1. The molecule has 0 aliphatic rings. The molecule has 2 rings (SSSR count). The average Bonchev–Trinajstić information content (AvgIpc) is 3.02. The number of amides is 1. The highest BCUT2D eigenvalue weighted by Crippen LogP contribution is 2.22. The van der Waals surface area contributed by atoms with Crippen LogP contribution in [-0.4, -0.2) is 11.1 Å². The van der Waals surface area contributed by atoms with E-state index in [2.05, 4.69) is 24.3 Å². The molecule has 6 heteroatoms. The summed E-state index contributed by atoms with van der Waals surface area (Å²) in [6, 6.07) is 9.18. The number of nitrogens with one attached hydrogen (secondary N) is 1. The van der Waals surface area contributed by atoms with Gasteiger partial charge in [-0.3, -0.25) is 4.79 Å². The molecule has 1 aromatic carbocycles. The van der Waals surface area contributed by atoms with Crippen molar-refractivity contribution in [3.8, 4) is 0 Å². The maximum atomic E-state index is 12.1. The van der Waals surface area contributed by atoms with Crippen LogP contribution in [0.2, 0.25) is 0 Å². The number of aromatic nitrogens is 1. The van der Waals surface area contributed by atoms with Crippen molar-refractivity contribution in [1.82, 2.24) is 10.5 Å². The fourth-order valence-corrected chi connectivity index (χ4v) is 2.37. The highest BCUT2D eigenvalue weighted by atomic mass is 35.5. The molecular weight excluding hydrogens is 314 g/mol. The SMILES string of the molecule is CCC(CC)c1cc(CNC(=O)c2ccc(CN)cc2)on1.Cl. The summed E-state index contributed by atoms with van der Waals surface area (Å²) < 4.78 is 5.29. The van der Waals surface area contributed by atoms with Gasteiger partial charge in [0.25, 0.3) is 5.91 Å². The summed E-state index contributed by atoms with van der Waals surface area (Å²) in [6.07, 6.45) is 2.06. The molecule has 0 radical (unpaired) electrons. The maximum Gasteiger partial charge on any atom is 0.251 e. The Labute approximate surface area is 143 Å². The van der Waals surface area contributed by atoms with Crippen LogP contribution in [0.1, 0.15) is 60.0 Å². The third-order valence-corrected chi connectivity index (χ3v) is 3.86. The van der Waals surface area contributed by atoms with Gasteiger partial charge < -0.3 is 15.6 Å². The Morgan fingerprint density at radius 1 is 1.26 bits per heavy atom. The van der Waals surface area contributed by atoms with Gasteiger partial charge >= 0.3 is 0 Å². The summed E-state index contributed by atoms with van der Waals surface area (Å²) in [5.41, 5.74) is 8.11. The summed E-state index contributed by atoms with van der Waals surface area (Å²) in [7, 11) is 0. The highest BCUT2D eigenvalue weighted by molar-refractivity contribution is 5.94.